The quantitative estimate of drug-likeness (QED) is 0.646. The first-order chi connectivity index (χ1) is 12.9. The number of nitrogens with zero attached hydrogens (tertiary/aromatic N) is 2. The van der Waals surface area contributed by atoms with E-state index in [1.165, 1.54) is 0 Å². The van der Waals surface area contributed by atoms with Crippen LogP contribution >= 0.6 is 11.6 Å². The number of amides is 1. The summed E-state index contributed by atoms with van der Waals surface area (Å²) in [6.07, 6.45) is 1.55. The van der Waals surface area contributed by atoms with Gasteiger partial charge in [0.1, 0.15) is 5.82 Å². The normalized spacial score (nSPS) is 10.4. The highest BCUT2D eigenvalue weighted by molar-refractivity contribution is 6.31. The standard InChI is InChI=1S/C21H21ClN4O/c1-14-18(22)5-4-6-19(14)25-21(27)15-7-12-20(23-13-15)24-16-8-10-17(11-9-16)26(2)3/h4-13H,1-3H3,(H,23,24)(H,25,27). The number of pyridine rings is 1. The number of anilines is 4. The highest BCUT2D eigenvalue weighted by Crippen LogP contribution is 2.24. The smallest absolute Gasteiger partial charge is 0.257 e. The lowest BCUT2D eigenvalue weighted by Gasteiger charge is -2.13. The van der Waals surface area contributed by atoms with Crippen molar-refractivity contribution in [1.82, 2.24) is 4.98 Å². The van der Waals surface area contributed by atoms with E-state index in [1.54, 1.807) is 30.5 Å². The van der Waals surface area contributed by atoms with Crippen LogP contribution in [0.2, 0.25) is 5.02 Å². The number of carbonyl (C=O) groups excluding carboxylic acids is 1. The van der Waals surface area contributed by atoms with Gasteiger partial charge >= 0.3 is 0 Å². The van der Waals surface area contributed by atoms with Gasteiger partial charge in [0.25, 0.3) is 5.91 Å². The summed E-state index contributed by atoms with van der Waals surface area (Å²) < 4.78 is 0. The van der Waals surface area contributed by atoms with Crippen molar-refractivity contribution in [1.29, 1.82) is 0 Å². The van der Waals surface area contributed by atoms with Gasteiger partial charge in [0.2, 0.25) is 0 Å². The van der Waals surface area contributed by atoms with Crippen LogP contribution in [0.3, 0.4) is 0 Å². The summed E-state index contributed by atoms with van der Waals surface area (Å²) in [5, 5.41) is 6.70. The van der Waals surface area contributed by atoms with Gasteiger partial charge in [-0.15, -0.1) is 0 Å². The number of benzene rings is 2. The SMILES string of the molecule is Cc1c(Cl)cccc1NC(=O)c1ccc(Nc2ccc(N(C)C)cc2)nc1. The average Bonchev–Trinajstić information content (AvgIpc) is 2.66. The zero-order valence-corrected chi connectivity index (χ0v) is 16.2. The van der Waals surface area contributed by atoms with Gasteiger partial charge in [0.15, 0.2) is 0 Å². The highest BCUT2D eigenvalue weighted by atomic mass is 35.5. The van der Waals surface area contributed by atoms with Gasteiger partial charge in [-0.2, -0.15) is 0 Å². The minimum atomic E-state index is -0.227. The summed E-state index contributed by atoms with van der Waals surface area (Å²) in [5.41, 5.74) is 4.05. The second-order valence-corrected chi connectivity index (χ2v) is 6.77. The Kier molecular flexibility index (Phi) is 5.62. The van der Waals surface area contributed by atoms with E-state index in [2.05, 4.69) is 15.6 Å². The van der Waals surface area contributed by atoms with Crippen molar-refractivity contribution in [2.45, 2.75) is 6.92 Å². The summed E-state index contributed by atoms with van der Waals surface area (Å²) in [7, 11) is 4.00. The highest BCUT2D eigenvalue weighted by Gasteiger charge is 2.10. The van der Waals surface area contributed by atoms with E-state index in [-0.39, 0.29) is 5.91 Å². The third kappa shape index (κ3) is 4.57. The zero-order valence-electron chi connectivity index (χ0n) is 15.5. The zero-order chi connectivity index (χ0) is 19.4. The van der Waals surface area contributed by atoms with Crippen molar-refractivity contribution < 1.29 is 4.79 Å². The van der Waals surface area contributed by atoms with Gasteiger partial charge in [-0.25, -0.2) is 4.98 Å². The average molecular weight is 381 g/mol. The van der Waals surface area contributed by atoms with Gasteiger partial charge in [0.05, 0.1) is 5.56 Å². The van der Waals surface area contributed by atoms with E-state index >= 15 is 0 Å². The second-order valence-electron chi connectivity index (χ2n) is 6.36. The van der Waals surface area contributed by atoms with E-state index in [9.17, 15) is 4.79 Å². The number of rotatable bonds is 5. The van der Waals surface area contributed by atoms with Gasteiger partial charge < -0.3 is 15.5 Å². The maximum atomic E-state index is 12.4. The monoisotopic (exact) mass is 380 g/mol. The molecule has 0 bridgehead atoms. The Morgan fingerprint density at radius 3 is 2.41 bits per heavy atom. The molecule has 1 aromatic heterocycles. The molecule has 0 saturated carbocycles. The fourth-order valence-corrected chi connectivity index (χ4v) is 2.70. The molecule has 0 atom stereocenters. The third-order valence-corrected chi connectivity index (χ3v) is 4.61. The first kappa shape index (κ1) is 18.7. The van der Waals surface area contributed by atoms with Gasteiger partial charge in [0, 0.05) is 42.4 Å². The summed E-state index contributed by atoms with van der Waals surface area (Å²) in [4.78, 5) is 18.8. The largest absolute Gasteiger partial charge is 0.378 e. The predicted octanol–water partition coefficient (Wildman–Crippen LogP) is 5.11. The van der Waals surface area contributed by atoms with Crippen molar-refractivity contribution in [2.24, 2.45) is 0 Å². The molecule has 6 heteroatoms. The molecule has 0 aliphatic heterocycles. The molecule has 2 N–H and O–H groups in total. The van der Waals surface area contributed by atoms with Crippen LogP contribution in [0.1, 0.15) is 15.9 Å². The second kappa shape index (κ2) is 8.10. The molecule has 0 aliphatic rings. The number of halogens is 1. The molecule has 0 unspecified atom stereocenters. The van der Waals surface area contributed by atoms with Crippen LogP contribution in [-0.2, 0) is 0 Å². The Balaban J connectivity index is 1.67. The van der Waals surface area contributed by atoms with Crippen molar-refractivity contribution in [3.8, 4) is 0 Å². The van der Waals surface area contributed by atoms with Crippen LogP contribution in [0.4, 0.5) is 22.9 Å². The Bertz CT molecular complexity index is 937. The first-order valence-corrected chi connectivity index (χ1v) is 8.89. The number of aromatic nitrogens is 1. The molecule has 5 nitrogen and oxygen atoms in total. The molecular formula is C21H21ClN4O. The summed E-state index contributed by atoms with van der Waals surface area (Å²) in [6, 6.07) is 16.9. The molecule has 3 aromatic rings. The summed E-state index contributed by atoms with van der Waals surface area (Å²) in [6.45, 7) is 1.87. The van der Waals surface area contributed by atoms with Crippen LogP contribution < -0.4 is 15.5 Å². The molecular weight excluding hydrogens is 360 g/mol. The van der Waals surface area contributed by atoms with Crippen molar-refractivity contribution >= 4 is 40.4 Å². The fraction of sp³-hybridized carbons (Fsp3) is 0.143. The van der Waals surface area contributed by atoms with E-state index in [0.717, 1.165) is 16.9 Å². The van der Waals surface area contributed by atoms with E-state index < -0.39 is 0 Å². The van der Waals surface area contributed by atoms with Gasteiger partial charge in [-0.3, -0.25) is 4.79 Å². The Morgan fingerprint density at radius 2 is 1.78 bits per heavy atom. The maximum absolute atomic E-state index is 12.4. The minimum Gasteiger partial charge on any atom is -0.378 e. The van der Waals surface area contributed by atoms with Crippen LogP contribution in [0.15, 0.2) is 60.8 Å². The number of hydrogen-bond acceptors (Lipinski definition) is 4. The Morgan fingerprint density at radius 1 is 1.04 bits per heavy atom. The number of nitrogens with one attached hydrogen (secondary N) is 2. The molecule has 3 rings (SSSR count). The summed E-state index contributed by atoms with van der Waals surface area (Å²) in [5.74, 6) is 0.442. The molecule has 0 radical (unpaired) electrons. The Labute approximate surface area is 164 Å². The molecule has 0 spiro atoms. The topological polar surface area (TPSA) is 57.3 Å². The fourth-order valence-electron chi connectivity index (χ4n) is 2.53. The van der Waals surface area contributed by atoms with Crippen molar-refractivity contribution in [2.75, 3.05) is 29.6 Å². The number of carbonyl (C=O) groups is 1. The molecule has 2 aromatic carbocycles. The third-order valence-electron chi connectivity index (χ3n) is 4.20. The molecule has 138 valence electrons. The van der Waals surface area contributed by atoms with E-state index in [1.807, 2.05) is 56.3 Å². The van der Waals surface area contributed by atoms with Gasteiger partial charge in [-0.1, -0.05) is 17.7 Å². The van der Waals surface area contributed by atoms with Gasteiger partial charge in [-0.05, 0) is 61.0 Å². The van der Waals surface area contributed by atoms with E-state index in [0.29, 0.717) is 22.1 Å². The lowest BCUT2D eigenvalue weighted by molar-refractivity contribution is 0.102. The first-order valence-electron chi connectivity index (χ1n) is 8.51. The van der Waals surface area contributed by atoms with Crippen LogP contribution in [0.5, 0.6) is 0 Å². The molecule has 0 fully saturated rings. The molecule has 0 saturated heterocycles. The van der Waals surface area contributed by atoms with Crippen molar-refractivity contribution in [3.05, 3.63) is 76.9 Å². The lowest BCUT2D eigenvalue weighted by atomic mass is 10.2. The molecule has 27 heavy (non-hydrogen) atoms. The van der Waals surface area contributed by atoms with Crippen LogP contribution in [0.25, 0.3) is 0 Å². The lowest BCUT2D eigenvalue weighted by Crippen LogP contribution is -2.13. The van der Waals surface area contributed by atoms with E-state index in [4.69, 9.17) is 11.6 Å². The maximum Gasteiger partial charge on any atom is 0.257 e. The predicted molar refractivity (Wildman–Crippen MR) is 112 cm³/mol. The summed E-state index contributed by atoms with van der Waals surface area (Å²) >= 11 is 6.09. The minimum absolute atomic E-state index is 0.227. The van der Waals surface area contributed by atoms with Crippen LogP contribution in [0, 0.1) is 6.92 Å². The molecule has 1 heterocycles. The molecule has 0 aliphatic carbocycles. The number of hydrogen-bond donors (Lipinski definition) is 2. The Hall–Kier alpha value is -3.05. The van der Waals surface area contributed by atoms with Crippen molar-refractivity contribution in [3.63, 3.8) is 0 Å². The van der Waals surface area contributed by atoms with Crippen LogP contribution in [-0.4, -0.2) is 25.0 Å². The molecule has 1 amide bonds.